The molecule has 2 rings (SSSR count). The van der Waals surface area contributed by atoms with Crippen molar-refractivity contribution in [1.29, 1.82) is 0 Å². The Labute approximate surface area is 106 Å². The summed E-state index contributed by atoms with van der Waals surface area (Å²) in [4.78, 5) is 0. The smallest absolute Gasteiger partial charge is 0.172 e. The van der Waals surface area contributed by atoms with Crippen molar-refractivity contribution in [2.75, 3.05) is 27.9 Å². The Kier molecular flexibility index (Phi) is 3.34. The quantitative estimate of drug-likeness (QED) is 0.872. The molecule has 0 radical (unpaired) electrons. The van der Waals surface area contributed by atoms with Gasteiger partial charge in [0.1, 0.15) is 0 Å². The van der Waals surface area contributed by atoms with Gasteiger partial charge in [-0.1, -0.05) is 0 Å². The third-order valence-corrected chi connectivity index (χ3v) is 3.57. The Hall–Kier alpha value is -1.49. The summed E-state index contributed by atoms with van der Waals surface area (Å²) in [6, 6.07) is 1.49. The number of benzene rings is 1. The average Bonchev–Trinajstić information content (AvgIpc) is 3.18. The normalized spacial score (nSPS) is 16.3. The van der Waals surface area contributed by atoms with Crippen LogP contribution in [0.5, 0.6) is 17.2 Å². The molecular weight excluding hydrogens is 237 g/mol. The van der Waals surface area contributed by atoms with Crippen LogP contribution in [0.2, 0.25) is 0 Å². The lowest BCUT2D eigenvalue weighted by Gasteiger charge is -2.21. The van der Waals surface area contributed by atoms with Crippen LogP contribution in [0, 0.1) is 5.82 Å². The first-order chi connectivity index (χ1) is 8.63. The fourth-order valence-electron chi connectivity index (χ4n) is 2.28. The molecule has 1 aliphatic rings. The summed E-state index contributed by atoms with van der Waals surface area (Å²) in [6.07, 6.45) is 1.71. The number of hydrogen-bond donors (Lipinski definition) is 1. The fourth-order valence-corrected chi connectivity index (χ4v) is 2.28. The second-order valence-corrected chi connectivity index (χ2v) is 4.49. The zero-order valence-corrected chi connectivity index (χ0v) is 10.9. The maximum absolute atomic E-state index is 14.4. The Bertz CT molecular complexity index is 458. The first kappa shape index (κ1) is 13.0. The van der Waals surface area contributed by atoms with Gasteiger partial charge in [-0.05, 0) is 12.8 Å². The molecule has 0 atom stereocenters. The molecule has 1 aliphatic carbocycles. The van der Waals surface area contributed by atoms with E-state index in [0.29, 0.717) is 23.6 Å². The minimum atomic E-state index is -0.405. The van der Waals surface area contributed by atoms with Gasteiger partial charge in [0.25, 0.3) is 0 Å². The van der Waals surface area contributed by atoms with Crippen molar-refractivity contribution in [3.63, 3.8) is 0 Å². The van der Waals surface area contributed by atoms with Gasteiger partial charge in [-0.15, -0.1) is 0 Å². The van der Waals surface area contributed by atoms with E-state index in [4.69, 9.17) is 19.9 Å². The Morgan fingerprint density at radius 1 is 1.17 bits per heavy atom. The SMILES string of the molecule is COc1cc(OC)c(OC)c(C2(CN)CC2)c1F. The lowest BCUT2D eigenvalue weighted by atomic mass is 9.93. The highest BCUT2D eigenvalue weighted by Crippen LogP contribution is 2.55. The molecule has 4 nitrogen and oxygen atoms in total. The zero-order valence-electron chi connectivity index (χ0n) is 10.9. The van der Waals surface area contributed by atoms with E-state index in [2.05, 4.69) is 0 Å². The topological polar surface area (TPSA) is 53.7 Å². The summed E-state index contributed by atoms with van der Waals surface area (Å²) >= 11 is 0. The van der Waals surface area contributed by atoms with Crippen LogP contribution in [0.1, 0.15) is 18.4 Å². The Balaban J connectivity index is 2.67. The largest absolute Gasteiger partial charge is 0.494 e. The molecule has 0 unspecified atom stereocenters. The molecule has 5 heteroatoms. The number of hydrogen-bond acceptors (Lipinski definition) is 4. The summed E-state index contributed by atoms with van der Waals surface area (Å²) < 4.78 is 30.0. The summed E-state index contributed by atoms with van der Waals surface area (Å²) in [5.41, 5.74) is 5.91. The van der Waals surface area contributed by atoms with Crippen molar-refractivity contribution in [1.82, 2.24) is 0 Å². The highest BCUT2D eigenvalue weighted by atomic mass is 19.1. The van der Waals surface area contributed by atoms with E-state index < -0.39 is 5.82 Å². The molecule has 0 saturated heterocycles. The van der Waals surface area contributed by atoms with Gasteiger partial charge in [-0.2, -0.15) is 0 Å². The van der Waals surface area contributed by atoms with Gasteiger partial charge in [0, 0.05) is 23.6 Å². The molecule has 0 bridgehead atoms. The predicted molar refractivity (Wildman–Crippen MR) is 66.0 cm³/mol. The lowest BCUT2D eigenvalue weighted by Crippen LogP contribution is -2.22. The van der Waals surface area contributed by atoms with Gasteiger partial charge in [-0.3, -0.25) is 0 Å². The highest BCUT2D eigenvalue weighted by Gasteiger charge is 2.48. The van der Waals surface area contributed by atoms with Gasteiger partial charge < -0.3 is 19.9 Å². The third kappa shape index (κ3) is 1.79. The maximum atomic E-state index is 14.4. The monoisotopic (exact) mass is 255 g/mol. The molecule has 0 aromatic heterocycles. The van der Waals surface area contributed by atoms with Crippen LogP contribution in [0.4, 0.5) is 4.39 Å². The molecule has 1 fully saturated rings. The first-order valence-electron chi connectivity index (χ1n) is 5.82. The molecule has 18 heavy (non-hydrogen) atoms. The minimum Gasteiger partial charge on any atom is -0.494 e. The van der Waals surface area contributed by atoms with E-state index in [1.165, 1.54) is 27.4 Å². The molecule has 1 aromatic rings. The number of rotatable bonds is 5. The van der Waals surface area contributed by atoms with E-state index >= 15 is 0 Å². The number of halogens is 1. The Morgan fingerprint density at radius 3 is 2.17 bits per heavy atom. The summed E-state index contributed by atoms with van der Waals surface area (Å²) in [6.45, 7) is 0.386. The van der Waals surface area contributed by atoms with E-state index in [0.717, 1.165) is 12.8 Å². The molecule has 0 heterocycles. The minimum absolute atomic E-state index is 0.155. The summed E-state index contributed by atoms with van der Waals surface area (Å²) in [7, 11) is 4.44. The molecule has 1 saturated carbocycles. The lowest BCUT2D eigenvalue weighted by molar-refractivity contribution is 0.329. The number of nitrogens with two attached hydrogens (primary N) is 1. The third-order valence-electron chi connectivity index (χ3n) is 3.57. The molecule has 0 aliphatic heterocycles. The fraction of sp³-hybridized carbons (Fsp3) is 0.538. The Morgan fingerprint density at radius 2 is 1.78 bits per heavy atom. The number of methoxy groups -OCH3 is 3. The van der Waals surface area contributed by atoms with Crippen molar-refractivity contribution in [3.05, 3.63) is 17.4 Å². The van der Waals surface area contributed by atoms with Gasteiger partial charge >= 0.3 is 0 Å². The maximum Gasteiger partial charge on any atom is 0.172 e. The zero-order chi connectivity index (χ0) is 13.3. The van der Waals surface area contributed by atoms with E-state index in [9.17, 15) is 4.39 Å². The van der Waals surface area contributed by atoms with Gasteiger partial charge in [0.15, 0.2) is 23.1 Å². The number of ether oxygens (including phenoxy) is 3. The van der Waals surface area contributed by atoms with E-state index in [1.54, 1.807) is 0 Å². The second-order valence-electron chi connectivity index (χ2n) is 4.49. The average molecular weight is 255 g/mol. The van der Waals surface area contributed by atoms with Crippen LogP contribution in [-0.4, -0.2) is 27.9 Å². The van der Waals surface area contributed by atoms with Crippen LogP contribution in [0.15, 0.2) is 6.07 Å². The highest BCUT2D eigenvalue weighted by molar-refractivity contribution is 5.57. The van der Waals surface area contributed by atoms with Crippen molar-refractivity contribution in [2.24, 2.45) is 5.73 Å². The molecular formula is C13H18FNO3. The second kappa shape index (κ2) is 4.65. The molecule has 1 aromatic carbocycles. The summed E-state index contributed by atoms with van der Waals surface area (Å²) in [5, 5.41) is 0. The van der Waals surface area contributed by atoms with Crippen LogP contribution in [0.25, 0.3) is 0 Å². The van der Waals surface area contributed by atoms with Crippen molar-refractivity contribution >= 4 is 0 Å². The predicted octanol–water partition coefficient (Wildman–Crippen LogP) is 1.84. The van der Waals surface area contributed by atoms with Gasteiger partial charge in [0.2, 0.25) is 0 Å². The molecule has 0 amide bonds. The van der Waals surface area contributed by atoms with Crippen molar-refractivity contribution in [2.45, 2.75) is 18.3 Å². The van der Waals surface area contributed by atoms with Crippen LogP contribution in [0.3, 0.4) is 0 Å². The van der Waals surface area contributed by atoms with E-state index in [1.807, 2.05) is 0 Å². The van der Waals surface area contributed by atoms with Crippen LogP contribution < -0.4 is 19.9 Å². The van der Waals surface area contributed by atoms with Crippen LogP contribution in [-0.2, 0) is 5.41 Å². The van der Waals surface area contributed by atoms with E-state index in [-0.39, 0.29) is 11.2 Å². The van der Waals surface area contributed by atoms with Crippen molar-refractivity contribution < 1.29 is 18.6 Å². The first-order valence-corrected chi connectivity index (χ1v) is 5.82. The molecule has 2 N–H and O–H groups in total. The standard InChI is InChI=1S/C13H18FNO3/c1-16-8-6-9(17-2)12(18-3)10(11(8)14)13(7-15)4-5-13/h6H,4-5,7,15H2,1-3H3. The van der Waals surface area contributed by atoms with Crippen molar-refractivity contribution in [3.8, 4) is 17.2 Å². The van der Waals surface area contributed by atoms with Gasteiger partial charge in [-0.25, -0.2) is 4.39 Å². The van der Waals surface area contributed by atoms with Gasteiger partial charge in [0.05, 0.1) is 21.3 Å². The molecule has 100 valence electrons. The molecule has 0 spiro atoms. The van der Waals surface area contributed by atoms with Crippen LogP contribution >= 0.6 is 0 Å². The summed E-state index contributed by atoms with van der Waals surface area (Å²) in [5.74, 6) is 0.629.